The fourth-order valence-electron chi connectivity index (χ4n) is 1.94. The molecular formula is C13H27P. The average Bonchev–Trinajstić information content (AvgIpc) is 2.01. The summed E-state index contributed by atoms with van der Waals surface area (Å²) in [6.45, 7) is 13.2. The second-order valence-corrected chi connectivity index (χ2v) is 5.98. The smallest absolute Gasteiger partial charge is 0.0259 e. The van der Waals surface area contributed by atoms with E-state index in [9.17, 15) is 0 Å². The first-order valence-corrected chi connectivity index (χ1v) is 6.54. The van der Waals surface area contributed by atoms with Crippen molar-refractivity contribution in [1.82, 2.24) is 0 Å². The van der Waals surface area contributed by atoms with Crippen LogP contribution in [0.25, 0.3) is 0 Å². The highest BCUT2D eigenvalue weighted by atomic mass is 31.0. The summed E-state index contributed by atoms with van der Waals surface area (Å²) in [5, 5.41) is 0. The molecule has 1 heteroatoms. The van der Waals surface area contributed by atoms with Gasteiger partial charge in [-0.15, -0.1) is 9.24 Å². The third kappa shape index (κ3) is 7.56. The van der Waals surface area contributed by atoms with Crippen molar-refractivity contribution >= 4 is 9.24 Å². The summed E-state index contributed by atoms with van der Waals surface area (Å²) < 4.78 is 0. The van der Waals surface area contributed by atoms with Gasteiger partial charge in [0.1, 0.15) is 0 Å². The Morgan fingerprint density at radius 3 is 2.21 bits per heavy atom. The largest absolute Gasteiger partial charge is 0.134 e. The number of allylic oxidation sites excluding steroid dienone is 1. The second-order valence-electron chi connectivity index (χ2n) is 5.04. The minimum absolute atomic E-state index is 0.787. The van der Waals surface area contributed by atoms with Gasteiger partial charge in [0, 0.05) is 0 Å². The van der Waals surface area contributed by atoms with E-state index in [-0.39, 0.29) is 0 Å². The molecule has 0 aromatic heterocycles. The maximum Gasteiger partial charge on any atom is -0.0259 e. The van der Waals surface area contributed by atoms with Crippen molar-refractivity contribution in [2.75, 3.05) is 0 Å². The molecule has 0 radical (unpaired) electrons. The van der Waals surface area contributed by atoms with Crippen LogP contribution in [0, 0.1) is 11.8 Å². The molecule has 3 atom stereocenters. The van der Waals surface area contributed by atoms with Gasteiger partial charge in [-0.25, -0.2) is 0 Å². The molecule has 0 amide bonds. The van der Waals surface area contributed by atoms with Crippen molar-refractivity contribution in [3.8, 4) is 0 Å². The predicted octanol–water partition coefficient (Wildman–Crippen LogP) is 4.66. The summed E-state index contributed by atoms with van der Waals surface area (Å²) in [6, 6.07) is 0. The number of hydrogen-bond acceptors (Lipinski definition) is 0. The second kappa shape index (κ2) is 7.46. The standard InChI is InChI=1S/C13H27P/c1-6-11(4)8-12(5)9-13(14)7-10(2)3/h10,12-13H,4,6-9,14H2,1-3,5H3. The molecule has 84 valence electrons. The zero-order valence-electron chi connectivity index (χ0n) is 10.3. The highest BCUT2D eigenvalue weighted by Gasteiger charge is 2.10. The summed E-state index contributed by atoms with van der Waals surface area (Å²) >= 11 is 0. The molecule has 0 N–H and O–H groups in total. The molecule has 0 spiro atoms. The van der Waals surface area contributed by atoms with Gasteiger partial charge in [-0.05, 0) is 43.2 Å². The highest BCUT2D eigenvalue weighted by Crippen LogP contribution is 2.24. The lowest BCUT2D eigenvalue weighted by atomic mass is 9.93. The normalized spacial score (nSPS) is 15.6. The van der Waals surface area contributed by atoms with Crippen LogP contribution in [0.15, 0.2) is 12.2 Å². The Morgan fingerprint density at radius 2 is 1.79 bits per heavy atom. The Bertz CT molecular complexity index is 161. The topological polar surface area (TPSA) is 0 Å². The Morgan fingerprint density at radius 1 is 1.21 bits per heavy atom. The molecule has 0 heterocycles. The monoisotopic (exact) mass is 214 g/mol. The van der Waals surface area contributed by atoms with E-state index in [1.807, 2.05) is 0 Å². The van der Waals surface area contributed by atoms with Gasteiger partial charge in [0.25, 0.3) is 0 Å². The van der Waals surface area contributed by atoms with Crippen molar-refractivity contribution in [3.63, 3.8) is 0 Å². The molecule has 3 unspecified atom stereocenters. The first kappa shape index (κ1) is 14.2. The summed E-state index contributed by atoms with van der Waals surface area (Å²) in [4.78, 5) is 0. The Labute approximate surface area is 92.8 Å². The highest BCUT2D eigenvalue weighted by molar-refractivity contribution is 7.17. The van der Waals surface area contributed by atoms with E-state index in [0.717, 1.165) is 23.9 Å². The van der Waals surface area contributed by atoms with Gasteiger partial charge in [-0.1, -0.05) is 39.8 Å². The van der Waals surface area contributed by atoms with Crippen molar-refractivity contribution in [2.24, 2.45) is 11.8 Å². The minimum Gasteiger partial charge on any atom is -0.134 e. The van der Waals surface area contributed by atoms with Gasteiger partial charge in [0.05, 0.1) is 0 Å². The van der Waals surface area contributed by atoms with Crippen LogP contribution < -0.4 is 0 Å². The lowest BCUT2D eigenvalue weighted by Crippen LogP contribution is -2.08. The zero-order chi connectivity index (χ0) is 11.1. The predicted molar refractivity (Wildman–Crippen MR) is 70.8 cm³/mol. The number of rotatable bonds is 7. The van der Waals surface area contributed by atoms with Crippen LogP contribution in [0.4, 0.5) is 0 Å². The van der Waals surface area contributed by atoms with E-state index >= 15 is 0 Å². The molecule has 0 nitrogen and oxygen atoms in total. The molecule has 0 saturated carbocycles. The Balaban J connectivity index is 3.70. The summed E-state index contributed by atoms with van der Waals surface area (Å²) in [5.41, 5.74) is 2.19. The van der Waals surface area contributed by atoms with Crippen LogP contribution in [0.5, 0.6) is 0 Å². The molecule has 0 aliphatic rings. The van der Waals surface area contributed by atoms with E-state index in [0.29, 0.717) is 0 Å². The van der Waals surface area contributed by atoms with Gasteiger partial charge in [0.2, 0.25) is 0 Å². The van der Waals surface area contributed by atoms with E-state index < -0.39 is 0 Å². The van der Waals surface area contributed by atoms with Crippen molar-refractivity contribution in [2.45, 2.75) is 59.0 Å². The maximum absolute atomic E-state index is 4.07. The molecule has 0 aliphatic carbocycles. The molecular weight excluding hydrogens is 187 g/mol. The average molecular weight is 214 g/mol. The first-order valence-electron chi connectivity index (χ1n) is 5.87. The van der Waals surface area contributed by atoms with Gasteiger partial charge >= 0.3 is 0 Å². The van der Waals surface area contributed by atoms with Gasteiger partial charge in [-0.3, -0.25) is 0 Å². The number of hydrogen-bond donors (Lipinski definition) is 0. The molecule has 0 fully saturated rings. The van der Waals surface area contributed by atoms with Crippen LogP contribution in [-0.4, -0.2) is 5.66 Å². The van der Waals surface area contributed by atoms with Gasteiger partial charge in [0.15, 0.2) is 0 Å². The van der Waals surface area contributed by atoms with Crippen molar-refractivity contribution in [1.29, 1.82) is 0 Å². The van der Waals surface area contributed by atoms with Crippen LogP contribution in [-0.2, 0) is 0 Å². The maximum atomic E-state index is 4.07. The molecule has 14 heavy (non-hydrogen) atoms. The molecule has 0 aromatic carbocycles. The van der Waals surface area contributed by atoms with E-state index in [4.69, 9.17) is 0 Å². The molecule has 0 rings (SSSR count). The third-order valence-electron chi connectivity index (χ3n) is 2.62. The lowest BCUT2D eigenvalue weighted by Gasteiger charge is -2.19. The van der Waals surface area contributed by atoms with Crippen LogP contribution in [0.2, 0.25) is 0 Å². The molecule has 0 saturated heterocycles. The van der Waals surface area contributed by atoms with Crippen LogP contribution in [0.1, 0.15) is 53.4 Å². The molecule has 0 bridgehead atoms. The summed E-state index contributed by atoms with van der Waals surface area (Å²) in [7, 11) is 2.99. The van der Waals surface area contributed by atoms with Crippen molar-refractivity contribution in [3.05, 3.63) is 12.2 Å². The zero-order valence-corrected chi connectivity index (χ0v) is 11.5. The van der Waals surface area contributed by atoms with Crippen LogP contribution in [0.3, 0.4) is 0 Å². The minimum atomic E-state index is 0.787. The molecule has 0 aliphatic heterocycles. The Hall–Kier alpha value is 0.170. The van der Waals surface area contributed by atoms with Crippen molar-refractivity contribution < 1.29 is 0 Å². The molecule has 0 aromatic rings. The fraction of sp³-hybridized carbons (Fsp3) is 0.846. The van der Waals surface area contributed by atoms with Gasteiger partial charge in [-0.2, -0.15) is 0 Å². The summed E-state index contributed by atoms with van der Waals surface area (Å²) in [6.07, 6.45) is 4.99. The third-order valence-corrected chi connectivity index (χ3v) is 3.16. The fourth-order valence-corrected chi connectivity index (χ4v) is 2.95. The SMILES string of the molecule is C=C(CC)CC(C)CC(P)CC(C)C. The van der Waals surface area contributed by atoms with E-state index in [2.05, 4.69) is 43.5 Å². The lowest BCUT2D eigenvalue weighted by molar-refractivity contribution is 0.463. The Kier molecular flexibility index (Phi) is 7.55. The van der Waals surface area contributed by atoms with E-state index in [1.165, 1.54) is 24.8 Å². The summed E-state index contributed by atoms with van der Waals surface area (Å²) in [5.74, 6) is 1.61. The van der Waals surface area contributed by atoms with Gasteiger partial charge < -0.3 is 0 Å². The first-order chi connectivity index (χ1) is 6.45. The quantitative estimate of drug-likeness (QED) is 0.427. The van der Waals surface area contributed by atoms with E-state index in [1.54, 1.807) is 0 Å². The van der Waals surface area contributed by atoms with Crippen LogP contribution >= 0.6 is 9.24 Å².